The molecule has 0 atom stereocenters. The second-order valence-electron chi connectivity index (χ2n) is 5.29. The maximum atomic E-state index is 12.2. The quantitative estimate of drug-likeness (QED) is 0.742. The molecule has 0 N–H and O–H groups in total. The van der Waals surface area contributed by atoms with Gasteiger partial charge in [0, 0.05) is 11.8 Å². The van der Waals surface area contributed by atoms with E-state index in [4.69, 9.17) is 9.68 Å². The van der Waals surface area contributed by atoms with Gasteiger partial charge in [-0.2, -0.15) is 5.26 Å². The standard InChI is InChI=1S/C17H14N4O2/c1-11-4-3-5-13(8-11)16-20-19-15(23-16)10-21-7-6-12(2)14(9-18)17(21)22/h3-8H,10H2,1-2H3. The third-order valence-electron chi connectivity index (χ3n) is 3.52. The summed E-state index contributed by atoms with van der Waals surface area (Å²) >= 11 is 0. The lowest BCUT2D eigenvalue weighted by Crippen LogP contribution is -2.23. The van der Waals surface area contributed by atoms with Gasteiger partial charge < -0.3 is 8.98 Å². The van der Waals surface area contributed by atoms with E-state index < -0.39 is 0 Å². The van der Waals surface area contributed by atoms with Gasteiger partial charge in [-0.1, -0.05) is 17.7 Å². The highest BCUT2D eigenvalue weighted by molar-refractivity contribution is 5.53. The van der Waals surface area contributed by atoms with Crippen molar-refractivity contribution in [2.24, 2.45) is 0 Å². The second kappa shape index (κ2) is 5.89. The van der Waals surface area contributed by atoms with Crippen LogP contribution in [-0.2, 0) is 6.54 Å². The average Bonchev–Trinajstić information content (AvgIpc) is 2.99. The minimum atomic E-state index is -0.359. The summed E-state index contributed by atoms with van der Waals surface area (Å²) in [6.07, 6.45) is 1.62. The largest absolute Gasteiger partial charge is 0.419 e. The van der Waals surface area contributed by atoms with Crippen molar-refractivity contribution >= 4 is 0 Å². The van der Waals surface area contributed by atoms with E-state index in [0.717, 1.165) is 11.1 Å². The van der Waals surface area contributed by atoms with Crippen molar-refractivity contribution in [3.63, 3.8) is 0 Å². The fraction of sp³-hybridized carbons (Fsp3) is 0.176. The number of benzene rings is 1. The summed E-state index contributed by atoms with van der Waals surface area (Å²) < 4.78 is 7.01. The Labute approximate surface area is 132 Å². The Bertz CT molecular complexity index is 963. The molecule has 0 aliphatic carbocycles. The van der Waals surface area contributed by atoms with Gasteiger partial charge in [0.05, 0.1) is 0 Å². The first-order chi connectivity index (χ1) is 11.1. The van der Waals surface area contributed by atoms with Crippen LogP contribution >= 0.6 is 0 Å². The van der Waals surface area contributed by atoms with E-state index in [1.54, 1.807) is 19.2 Å². The van der Waals surface area contributed by atoms with Crippen LogP contribution in [0.2, 0.25) is 0 Å². The fourth-order valence-corrected chi connectivity index (χ4v) is 2.28. The van der Waals surface area contributed by atoms with Gasteiger partial charge in [0.2, 0.25) is 11.8 Å². The minimum absolute atomic E-state index is 0.130. The Morgan fingerprint density at radius 1 is 1.26 bits per heavy atom. The topological polar surface area (TPSA) is 84.7 Å². The Morgan fingerprint density at radius 2 is 2.09 bits per heavy atom. The number of aryl methyl sites for hydroxylation is 2. The number of nitriles is 1. The van der Waals surface area contributed by atoms with Gasteiger partial charge in [0.15, 0.2) is 0 Å². The van der Waals surface area contributed by atoms with Crippen molar-refractivity contribution in [1.82, 2.24) is 14.8 Å². The molecule has 0 saturated heterocycles. The van der Waals surface area contributed by atoms with Crippen molar-refractivity contribution in [2.75, 3.05) is 0 Å². The number of rotatable bonds is 3. The number of nitrogens with zero attached hydrogens (tertiary/aromatic N) is 4. The predicted molar refractivity (Wildman–Crippen MR) is 83.7 cm³/mol. The molecule has 2 heterocycles. The Hall–Kier alpha value is -3.20. The van der Waals surface area contributed by atoms with Gasteiger partial charge in [-0.25, -0.2) is 0 Å². The van der Waals surface area contributed by atoms with Crippen LogP contribution in [0.4, 0.5) is 0 Å². The zero-order valence-corrected chi connectivity index (χ0v) is 12.8. The molecule has 0 aliphatic heterocycles. The molecule has 0 fully saturated rings. The summed E-state index contributed by atoms with van der Waals surface area (Å²) in [4.78, 5) is 12.2. The molecule has 0 aliphatic rings. The highest BCUT2D eigenvalue weighted by Gasteiger charge is 2.12. The molecule has 6 heteroatoms. The zero-order chi connectivity index (χ0) is 16.4. The summed E-state index contributed by atoms with van der Waals surface area (Å²) in [7, 11) is 0. The fourth-order valence-electron chi connectivity index (χ4n) is 2.28. The third kappa shape index (κ3) is 2.90. The van der Waals surface area contributed by atoms with Crippen LogP contribution in [0, 0.1) is 25.2 Å². The molecule has 3 aromatic rings. The van der Waals surface area contributed by atoms with Crippen molar-refractivity contribution in [3.05, 3.63) is 69.5 Å². The van der Waals surface area contributed by atoms with E-state index in [2.05, 4.69) is 10.2 Å². The van der Waals surface area contributed by atoms with E-state index in [1.807, 2.05) is 37.3 Å². The third-order valence-corrected chi connectivity index (χ3v) is 3.52. The minimum Gasteiger partial charge on any atom is -0.419 e. The van der Waals surface area contributed by atoms with Crippen LogP contribution in [0.1, 0.15) is 22.6 Å². The Balaban J connectivity index is 1.91. The molecule has 1 aromatic carbocycles. The molecule has 6 nitrogen and oxygen atoms in total. The summed E-state index contributed by atoms with van der Waals surface area (Å²) in [5.74, 6) is 0.723. The van der Waals surface area contributed by atoms with Crippen LogP contribution in [0.15, 0.2) is 45.7 Å². The van der Waals surface area contributed by atoms with Crippen LogP contribution in [0.5, 0.6) is 0 Å². The van der Waals surface area contributed by atoms with Gasteiger partial charge >= 0.3 is 0 Å². The van der Waals surface area contributed by atoms with Gasteiger partial charge in [0.1, 0.15) is 18.2 Å². The molecule has 0 bridgehead atoms. The van der Waals surface area contributed by atoms with Crippen LogP contribution in [-0.4, -0.2) is 14.8 Å². The van der Waals surface area contributed by atoms with Crippen LogP contribution in [0.25, 0.3) is 11.5 Å². The number of hydrogen-bond donors (Lipinski definition) is 0. The monoisotopic (exact) mass is 306 g/mol. The lowest BCUT2D eigenvalue weighted by atomic mass is 10.1. The molecular weight excluding hydrogens is 292 g/mol. The molecule has 0 radical (unpaired) electrons. The maximum Gasteiger partial charge on any atom is 0.269 e. The average molecular weight is 306 g/mol. The highest BCUT2D eigenvalue weighted by atomic mass is 16.4. The molecule has 2 aromatic heterocycles. The summed E-state index contributed by atoms with van der Waals surface area (Å²) in [6.45, 7) is 3.84. The molecule has 114 valence electrons. The summed E-state index contributed by atoms with van der Waals surface area (Å²) in [5.41, 5.74) is 2.35. The summed E-state index contributed by atoms with van der Waals surface area (Å²) in [6, 6.07) is 11.4. The van der Waals surface area contributed by atoms with Gasteiger partial charge in [-0.15, -0.1) is 10.2 Å². The first kappa shape index (κ1) is 14.7. The number of aromatic nitrogens is 3. The normalized spacial score (nSPS) is 10.5. The van der Waals surface area contributed by atoms with E-state index in [-0.39, 0.29) is 17.7 Å². The first-order valence-electron chi connectivity index (χ1n) is 7.08. The van der Waals surface area contributed by atoms with E-state index >= 15 is 0 Å². The van der Waals surface area contributed by atoms with Crippen molar-refractivity contribution in [2.45, 2.75) is 20.4 Å². The Morgan fingerprint density at radius 3 is 2.83 bits per heavy atom. The molecule has 0 saturated carbocycles. The smallest absolute Gasteiger partial charge is 0.269 e. The van der Waals surface area contributed by atoms with E-state index in [9.17, 15) is 4.79 Å². The van der Waals surface area contributed by atoms with Crippen LogP contribution in [0.3, 0.4) is 0 Å². The molecule has 0 amide bonds. The molecule has 23 heavy (non-hydrogen) atoms. The van der Waals surface area contributed by atoms with E-state index in [0.29, 0.717) is 17.3 Å². The maximum absolute atomic E-state index is 12.2. The highest BCUT2D eigenvalue weighted by Crippen LogP contribution is 2.19. The molecular formula is C17H14N4O2. The molecule has 3 rings (SSSR count). The van der Waals surface area contributed by atoms with E-state index in [1.165, 1.54) is 4.57 Å². The summed E-state index contributed by atoms with van der Waals surface area (Å²) in [5, 5.41) is 17.0. The van der Waals surface area contributed by atoms with Gasteiger partial charge in [-0.3, -0.25) is 4.79 Å². The molecule has 0 spiro atoms. The van der Waals surface area contributed by atoms with Crippen molar-refractivity contribution < 1.29 is 4.42 Å². The van der Waals surface area contributed by atoms with Gasteiger partial charge in [-0.05, 0) is 37.6 Å². The van der Waals surface area contributed by atoms with Crippen LogP contribution < -0.4 is 5.56 Å². The lowest BCUT2D eigenvalue weighted by molar-refractivity contribution is 0.484. The second-order valence-corrected chi connectivity index (χ2v) is 5.29. The number of pyridine rings is 1. The number of hydrogen-bond acceptors (Lipinski definition) is 5. The first-order valence-corrected chi connectivity index (χ1v) is 7.08. The van der Waals surface area contributed by atoms with Crippen molar-refractivity contribution in [1.29, 1.82) is 5.26 Å². The lowest BCUT2D eigenvalue weighted by Gasteiger charge is -2.04. The molecule has 0 unspecified atom stereocenters. The Kier molecular flexibility index (Phi) is 3.77. The van der Waals surface area contributed by atoms with Gasteiger partial charge in [0.25, 0.3) is 5.56 Å². The SMILES string of the molecule is Cc1cccc(-c2nnc(Cn3ccc(C)c(C#N)c3=O)o2)c1. The van der Waals surface area contributed by atoms with Crippen molar-refractivity contribution in [3.8, 4) is 17.5 Å². The predicted octanol–water partition coefficient (Wildman–Crippen LogP) is 2.44. The zero-order valence-electron chi connectivity index (χ0n) is 12.8.